The molecule has 3 heteroatoms. The van der Waals surface area contributed by atoms with Gasteiger partial charge in [0.05, 0.1) is 11.0 Å². The third-order valence-electron chi connectivity index (χ3n) is 10.7. The molecule has 0 fully saturated rings. The zero-order valence-corrected chi connectivity index (χ0v) is 29.0. The molecule has 9 aromatic carbocycles. The highest BCUT2D eigenvalue weighted by atomic mass is 32.1. The number of aryl methyl sites for hydroxylation is 2. The average molecular weight is 667 g/mol. The molecule has 11 aromatic rings. The second-order valence-corrected chi connectivity index (χ2v) is 14.9. The molecule has 238 valence electrons. The predicted octanol–water partition coefficient (Wildman–Crippen LogP) is 13.7. The number of benzene rings is 9. The Morgan fingerprint density at radius 2 is 0.804 bits per heavy atom. The highest BCUT2D eigenvalue weighted by molar-refractivity contribution is 7.25. The van der Waals surface area contributed by atoms with Gasteiger partial charge in [0.1, 0.15) is 10.3 Å². The van der Waals surface area contributed by atoms with Crippen molar-refractivity contribution in [3.63, 3.8) is 0 Å². The first-order chi connectivity index (χ1) is 25.1. The second kappa shape index (κ2) is 10.7. The Morgan fingerprint density at radius 3 is 1.43 bits per heavy atom. The molecule has 51 heavy (non-hydrogen) atoms. The summed E-state index contributed by atoms with van der Waals surface area (Å²) in [4.78, 5) is 11.8. The van der Waals surface area contributed by atoms with Gasteiger partial charge in [0.2, 0.25) is 0 Å². The third kappa shape index (κ3) is 4.28. The Kier molecular flexibility index (Phi) is 5.99. The Hall–Kier alpha value is -6.16. The van der Waals surface area contributed by atoms with Gasteiger partial charge in [-0.25, -0.2) is 9.97 Å². The van der Waals surface area contributed by atoms with E-state index in [1.54, 1.807) is 11.3 Å². The van der Waals surface area contributed by atoms with Gasteiger partial charge in [-0.1, -0.05) is 120 Å². The van der Waals surface area contributed by atoms with Crippen LogP contribution in [0, 0.1) is 13.8 Å². The van der Waals surface area contributed by atoms with Gasteiger partial charge >= 0.3 is 0 Å². The molecule has 0 N–H and O–H groups in total. The summed E-state index contributed by atoms with van der Waals surface area (Å²) in [5.74, 6) is 0. The zero-order valence-electron chi connectivity index (χ0n) is 28.2. The summed E-state index contributed by atoms with van der Waals surface area (Å²) in [6, 6.07) is 53.6. The Bertz CT molecular complexity index is 3240. The summed E-state index contributed by atoms with van der Waals surface area (Å²) in [5.41, 5.74) is 10.2. The summed E-state index contributed by atoms with van der Waals surface area (Å²) >= 11 is 1.73. The molecule has 0 saturated carbocycles. The van der Waals surface area contributed by atoms with E-state index in [2.05, 4.69) is 159 Å². The third-order valence-corrected chi connectivity index (χ3v) is 11.8. The van der Waals surface area contributed by atoms with E-state index in [1.807, 2.05) is 0 Å². The van der Waals surface area contributed by atoms with Crippen molar-refractivity contribution in [1.82, 2.24) is 9.97 Å². The lowest BCUT2D eigenvalue weighted by Crippen LogP contribution is -1.91. The highest BCUT2D eigenvalue weighted by Crippen LogP contribution is 2.41. The van der Waals surface area contributed by atoms with Crippen molar-refractivity contribution in [2.75, 3.05) is 0 Å². The standard InChI is InChI=1S/C48H30N2S/c1-27-14-18-38-39-19-15-28(2)23-42(39)46-45(41(38)22-27)49-47-43-26-32(17-21-44(43)51-48(47)50-46)30-9-7-8-29(24-30)31-16-20-37-35-12-4-3-10-33(35)34-11-5-6-13-36(34)40(37)25-31/h3-26H,1-2H3. The molecule has 2 nitrogen and oxygen atoms in total. The monoisotopic (exact) mass is 666 g/mol. The van der Waals surface area contributed by atoms with Crippen LogP contribution in [0.25, 0.3) is 108 Å². The maximum Gasteiger partial charge on any atom is 0.143 e. The van der Waals surface area contributed by atoms with Crippen molar-refractivity contribution in [2.24, 2.45) is 0 Å². The van der Waals surface area contributed by atoms with Gasteiger partial charge in [-0.05, 0) is 116 Å². The Labute approximate surface area is 298 Å². The number of hydrogen-bond donors (Lipinski definition) is 0. The Balaban J connectivity index is 1.08. The van der Waals surface area contributed by atoms with Gasteiger partial charge < -0.3 is 0 Å². The maximum absolute atomic E-state index is 5.44. The van der Waals surface area contributed by atoms with Crippen molar-refractivity contribution in [2.45, 2.75) is 13.8 Å². The summed E-state index contributed by atoms with van der Waals surface area (Å²) in [6.07, 6.45) is 0. The number of thiophene rings is 1. The molecule has 0 bridgehead atoms. The van der Waals surface area contributed by atoms with Crippen LogP contribution < -0.4 is 0 Å². The van der Waals surface area contributed by atoms with Crippen molar-refractivity contribution in [1.29, 1.82) is 0 Å². The summed E-state index contributed by atoms with van der Waals surface area (Å²) in [6.45, 7) is 4.30. The lowest BCUT2D eigenvalue weighted by atomic mass is 9.91. The van der Waals surface area contributed by atoms with E-state index in [1.165, 1.54) is 86.6 Å². The van der Waals surface area contributed by atoms with E-state index in [-0.39, 0.29) is 0 Å². The number of hydrogen-bond acceptors (Lipinski definition) is 3. The molecule has 11 rings (SSSR count). The first-order valence-corrected chi connectivity index (χ1v) is 18.3. The van der Waals surface area contributed by atoms with Crippen LogP contribution in [0.3, 0.4) is 0 Å². The molecule has 0 radical (unpaired) electrons. The van der Waals surface area contributed by atoms with Gasteiger partial charge in [0.15, 0.2) is 0 Å². The molecule has 0 saturated heterocycles. The van der Waals surface area contributed by atoms with Crippen molar-refractivity contribution >= 4 is 96.7 Å². The SMILES string of the molecule is Cc1ccc2c3ccc(C)cc3c3nc4c(nc3c2c1)sc1ccc(-c2cccc(-c3ccc5c6ccccc6c6ccccc6c5c3)c2)cc14. The number of aromatic nitrogens is 2. The molecule has 0 aliphatic carbocycles. The average Bonchev–Trinajstić information content (AvgIpc) is 3.54. The van der Waals surface area contributed by atoms with Gasteiger partial charge in [0, 0.05) is 20.9 Å². The lowest BCUT2D eigenvalue weighted by Gasteiger charge is -2.12. The van der Waals surface area contributed by atoms with E-state index in [0.29, 0.717) is 0 Å². The summed E-state index contributed by atoms with van der Waals surface area (Å²) in [5, 5.41) is 13.7. The fourth-order valence-corrected chi connectivity index (χ4v) is 9.27. The molecule has 0 aliphatic heterocycles. The minimum absolute atomic E-state index is 0.975. The van der Waals surface area contributed by atoms with Crippen molar-refractivity contribution in [3.8, 4) is 22.3 Å². The maximum atomic E-state index is 5.44. The zero-order chi connectivity index (χ0) is 33.8. The van der Waals surface area contributed by atoms with E-state index >= 15 is 0 Å². The van der Waals surface area contributed by atoms with Crippen LogP contribution in [0.2, 0.25) is 0 Å². The fourth-order valence-electron chi connectivity index (χ4n) is 8.27. The molecule has 0 aliphatic rings. The number of fused-ring (bicyclic) bond motifs is 15. The minimum atomic E-state index is 0.975. The van der Waals surface area contributed by atoms with Gasteiger partial charge in [0.25, 0.3) is 0 Å². The first kappa shape index (κ1) is 28.7. The molecule has 2 aromatic heterocycles. The van der Waals surface area contributed by atoms with Crippen LogP contribution >= 0.6 is 11.3 Å². The summed E-state index contributed by atoms with van der Waals surface area (Å²) < 4.78 is 1.20. The topological polar surface area (TPSA) is 25.8 Å². The quantitative estimate of drug-likeness (QED) is 0.172. The van der Waals surface area contributed by atoms with E-state index in [9.17, 15) is 0 Å². The molecule has 2 heterocycles. The smallest absolute Gasteiger partial charge is 0.143 e. The van der Waals surface area contributed by atoms with Crippen molar-refractivity contribution < 1.29 is 0 Å². The van der Waals surface area contributed by atoms with Crippen LogP contribution in [-0.2, 0) is 0 Å². The van der Waals surface area contributed by atoms with Crippen LogP contribution in [0.5, 0.6) is 0 Å². The minimum Gasteiger partial charge on any atom is -0.242 e. The van der Waals surface area contributed by atoms with Crippen molar-refractivity contribution in [3.05, 3.63) is 157 Å². The van der Waals surface area contributed by atoms with Crippen LogP contribution in [0.1, 0.15) is 11.1 Å². The fraction of sp³-hybridized carbons (Fsp3) is 0.0417. The summed E-state index contributed by atoms with van der Waals surface area (Å²) in [7, 11) is 0. The molecule has 0 amide bonds. The normalized spacial score (nSPS) is 12.1. The molecule has 0 spiro atoms. The first-order valence-electron chi connectivity index (χ1n) is 17.5. The molecular weight excluding hydrogens is 637 g/mol. The molecule has 0 unspecified atom stereocenters. The van der Waals surface area contributed by atoms with Crippen LogP contribution in [0.4, 0.5) is 0 Å². The molecule has 0 atom stereocenters. The lowest BCUT2D eigenvalue weighted by molar-refractivity contribution is 1.44. The number of nitrogens with zero attached hydrogens (tertiary/aromatic N) is 2. The van der Waals surface area contributed by atoms with Gasteiger partial charge in [-0.15, -0.1) is 11.3 Å². The largest absolute Gasteiger partial charge is 0.242 e. The Morgan fingerprint density at radius 1 is 0.333 bits per heavy atom. The highest BCUT2D eigenvalue weighted by Gasteiger charge is 2.17. The van der Waals surface area contributed by atoms with Crippen LogP contribution in [-0.4, -0.2) is 9.97 Å². The van der Waals surface area contributed by atoms with E-state index in [0.717, 1.165) is 32.2 Å². The van der Waals surface area contributed by atoms with E-state index in [4.69, 9.17) is 9.97 Å². The predicted molar refractivity (Wildman–Crippen MR) is 220 cm³/mol. The molecular formula is C48H30N2S. The number of rotatable bonds is 2. The van der Waals surface area contributed by atoms with Gasteiger partial charge in [-0.2, -0.15) is 0 Å². The van der Waals surface area contributed by atoms with Crippen LogP contribution in [0.15, 0.2) is 146 Å². The van der Waals surface area contributed by atoms with Gasteiger partial charge in [-0.3, -0.25) is 0 Å². The van der Waals surface area contributed by atoms with E-state index < -0.39 is 0 Å². The second-order valence-electron chi connectivity index (χ2n) is 13.9.